The molecular formula is C9H12N2O2. The van der Waals surface area contributed by atoms with Gasteiger partial charge in [0.05, 0.1) is 0 Å². The fourth-order valence-corrected chi connectivity index (χ4v) is 1.18. The minimum Gasteiger partial charge on any atom is -0.324 e. The highest BCUT2D eigenvalue weighted by Crippen LogP contribution is 2.02. The molecule has 1 N–H and O–H groups in total. The van der Waals surface area contributed by atoms with Gasteiger partial charge in [0.15, 0.2) is 0 Å². The van der Waals surface area contributed by atoms with Gasteiger partial charge in [-0.15, -0.1) is 12.3 Å². The number of rotatable bonds is 3. The first-order valence-corrected chi connectivity index (χ1v) is 4.26. The summed E-state index contributed by atoms with van der Waals surface area (Å²) < 4.78 is 0. The van der Waals surface area contributed by atoms with Gasteiger partial charge in [0.2, 0.25) is 5.91 Å². The van der Waals surface area contributed by atoms with Crippen LogP contribution in [0.1, 0.15) is 19.3 Å². The number of amides is 3. The van der Waals surface area contributed by atoms with Crippen molar-refractivity contribution in [1.29, 1.82) is 0 Å². The van der Waals surface area contributed by atoms with Crippen molar-refractivity contribution in [3.63, 3.8) is 0 Å². The predicted molar refractivity (Wildman–Crippen MR) is 47.8 cm³/mol. The maximum absolute atomic E-state index is 11.1. The molecule has 0 aromatic heterocycles. The first kappa shape index (κ1) is 9.59. The van der Waals surface area contributed by atoms with Crippen LogP contribution in [0.3, 0.4) is 0 Å². The standard InChI is InChI=1S/C9H12N2O2/c1-2-3-4-6-11-7-5-8(12)10-9(11)13/h1H,3-7H2,(H,10,12,13). The lowest BCUT2D eigenvalue weighted by molar-refractivity contribution is -0.121. The molecule has 1 aliphatic heterocycles. The van der Waals surface area contributed by atoms with Gasteiger partial charge in [-0.3, -0.25) is 10.1 Å². The Hall–Kier alpha value is -1.50. The molecule has 4 heteroatoms. The zero-order chi connectivity index (χ0) is 9.68. The number of unbranched alkanes of at least 4 members (excludes halogenated alkanes) is 1. The molecule has 13 heavy (non-hydrogen) atoms. The summed E-state index contributed by atoms with van der Waals surface area (Å²) in [5, 5.41) is 2.25. The molecule has 0 spiro atoms. The normalized spacial score (nSPS) is 16.7. The molecule has 0 radical (unpaired) electrons. The number of nitrogens with zero attached hydrogens (tertiary/aromatic N) is 1. The quantitative estimate of drug-likeness (QED) is 0.503. The summed E-state index contributed by atoms with van der Waals surface area (Å²) in [7, 11) is 0. The highest BCUT2D eigenvalue weighted by Gasteiger charge is 2.21. The Morgan fingerprint density at radius 3 is 2.92 bits per heavy atom. The van der Waals surface area contributed by atoms with Crippen LogP contribution in [0.5, 0.6) is 0 Å². The van der Waals surface area contributed by atoms with Crippen molar-refractivity contribution in [1.82, 2.24) is 10.2 Å². The molecule has 0 atom stereocenters. The second-order valence-electron chi connectivity index (χ2n) is 2.90. The van der Waals surface area contributed by atoms with Gasteiger partial charge >= 0.3 is 6.03 Å². The lowest BCUT2D eigenvalue weighted by Crippen LogP contribution is -2.49. The van der Waals surface area contributed by atoms with Gasteiger partial charge in [-0.25, -0.2) is 4.79 Å². The van der Waals surface area contributed by atoms with Crippen molar-refractivity contribution in [3.8, 4) is 12.3 Å². The second kappa shape index (κ2) is 4.51. The fourth-order valence-electron chi connectivity index (χ4n) is 1.18. The van der Waals surface area contributed by atoms with Crippen LogP contribution < -0.4 is 5.32 Å². The van der Waals surface area contributed by atoms with E-state index in [1.165, 1.54) is 0 Å². The van der Waals surface area contributed by atoms with E-state index < -0.39 is 0 Å². The predicted octanol–water partition coefficient (Wildman–Crippen LogP) is 0.342. The molecule has 1 heterocycles. The molecule has 1 rings (SSSR count). The van der Waals surface area contributed by atoms with E-state index in [2.05, 4.69) is 11.2 Å². The largest absolute Gasteiger partial charge is 0.324 e. The number of hydrogen-bond donors (Lipinski definition) is 1. The van der Waals surface area contributed by atoms with Gasteiger partial charge in [0.1, 0.15) is 0 Å². The molecule has 0 unspecified atom stereocenters. The monoisotopic (exact) mass is 180 g/mol. The first-order valence-electron chi connectivity index (χ1n) is 4.26. The number of imide groups is 1. The molecule has 4 nitrogen and oxygen atoms in total. The van der Waals surface area contributed by atoms with Crippen LogP contribution in [0.25, 0.3) is 0 Å². The number of nitrogens with one attached hydrogen (secondary N) is 1. The molecule has 1 fully saturated rings. The Morgan fingerprint density at radius 2 is 2.31 bits per heavy atom. The summed E-state index contributed by atoms with van der Waals surface area (Å²) >= 11 is 0. The zero-order valence-corrected chi connectivity index (χ0v) is 7.38. The van der Waals surface area contributed by atoms with Crippen LogP contribution >= 0.6 is 0 Å². The van der Waals surface area contributed by atoms with Crippen molar-refractivity contribution >= 4 is 11.9 Å². The number of carbonyl (C=O) groups excluding carboxylic acids is 2. The molecule has 1 saturated heterocycles. The van der Waals surface area contributed by atoms with Crippen molar-refractivity contribution in [2.75, 3.05) is 13.1 Å². The summed E-state index contributed by atoms with van der Waals surface area (Å²) in [6.45, 7) is 1.14. The maximum Gasteiger partial charge on any atom is 0.324 e. The lowest BCUT2D eigenvalue weighted by atomic mass is 10.2. The van der Waals surface area contributed by atoms with Crippen LogP contribution in [-0.4, -0.2) is 29.9 Å². The Kier molecular flexibility index (Phi) is 3.32. The third-order valence-electron chi connectivity index (χ3n) is 1.89. The Morgan fingerprint density at radius 1 is 1.54 bits per heavy atom. The van der Waals surface area contributed by atoms with E-state index in [0.717, 1.165) is 6.42 Å². The van der Waals surface area contributed by atoms with E-state index >= 15 is 0 Å². The molecule has 0 saturated carbocycles. The summed E-state index contributed by atoms with van der Waals surface area (Å²) in [6, 6.07) is -0.298. The highest BCUT2D eigenvalue weighted by atomic mass is 16.2. The Labute approximate surface area is 77.3 Å². The minimum atomic E-state index is -0.298. The van der Waals surface area contributed by atoms with Gasteiger partial charge in [-0.05, 0) is 6.42 Å². The molecule has 0 aromatic rings. The highest BCUT2D eigenvalue weighted by molar-refractivity contribution is 5.96. The van der Waals surface area contributed by atoms with E-state index in [0.29, 0.717) is 25.9 Å². The van der Waals surface area contributed by atoms with Crippen LogP contribution in [0.2, 0.25) is 0 Å². The van der Waals surface area contributed by atoms with Crippen LogP contribution in [-0.2, 0) is 4.79 Å². The number of terminal acetylenes is 1. The van der Waals surface area contributed by atoms with Gasteiger partial charge in [0.25, 0.3) is 0 Å². The summed E-state index contributed by atoms with van der Waals surface area (Å²) in [5.41, 5.74) is 0. The topological polar surface area (TPSA) is 49.4 Å². The summed E-state index contributed by atoms with van der Waals surface area (Å²) in [6.07, 6.45) is 6.92. The van der Waals surface area contributed by atoms with E-state index in [1.54, 1.807) is 4.90 Å². The molecule has 0 bridgehead atoms. The van der Waals surface area contributed by atoms with Gasteiger partial charge < -0.3 is 4.90 Å². The average Bonchev–Trinajstić information content (AvgIpc) is 2.09. The maximum atomic E-state index is 11.1. The molecule has 0 aromatic carbocycles. The molecule has 3 amide bonds. The number of carbonyl (C=O) groups is 2. The lowest BCUT2D eigenvalue weighted by Gasteiger charge is -2.25. The minimum absolute atomic E-state index is 0.196. The van der Waals surface area contributed by atoms with Crippen molar-refractivity contribution < 1.29 is 9.59 Å². The number of hydrogen-bond acceptors (Lipinski definition) is 2. The zero-order valence-electron chi connectivity index (χ0n) is 7.38. The van der Waals surface area contributed by atoms with Crippen LogP contribution in [0, 0.1) is 12.3 Å². The van der Waals surface area contributed by atoms with Crippen LogP contribution in [0.4, 0.5) is 4.79 Å². The number of urea groups is 1. The van der Waals surface area contributed by atoms with E-state index in [4.69, 9.17) is 6.42 Å². The third kappa shape index (κ3) is 2.79. The first-order chi connectivity index (χ1) is 6.24. The van der Waals surface area contributed by atoms with Gasteiger partial charge in [-0.1, -0.05) is 0 Å². The molecule has 70 valence electrons. The van der Waals surface area contributed by atoms with Crippen molar-refractivity contribution in [3.05, 3.63) is 0 Å². The summed E-state index contributed by atoms with van der Waals surface area (Å²) in [4.78, 5) is 23.5. The van der Waals surface area contributed by atoms with Gasteiger partial charge in [0, 0.05) is 25.9 Å². The van der Waals surface area contributed by atoms with Gasteiger partial charge in [-0.2, -0.15) is 0 Å². The SMILES string of the molecule is C#CCCCN1CCC(=O)NC1=O. The molecule has 1 aliphatic rings. The third-order valence-corrected chi connectivity index (χ3v) is 1.89. The van der Waals surface area contributed by atoms with E-state index in [9.17, 15) is 9.59 Å². The Bertz CT molecular complexity index is 255. The average molecular weight is 180 g/mol. The molecule has 0 aliphatic carbocycles. The molecular weight excluding hydrogens is 168 g/mol. The Balaban J connectivity index is 2.31. The smallest absolute Gasteiger partial charge is 0.324 e. The summed E-state index contributed by atoms with van der Waals surface area (Å²) in [5.74, 6) is 2.31. The van der Waals surface area contributed by atoms with Crippen molar-refractivity contribution in [2.24, 2.45) is 0 Å². The fraction of sp³-hybridized carbons (Fsp3) is 0.556. The van der Waals surface area contributed by atoms with Crippen LogP contribution in [0.15, 0.2) is 0 Å². The van der Waals surface area contributed by atoms with E-state index in [1.807, 2.05) is 0 Å². The van der Waals surface area contributed by atoms with E-state index in [-0.39, 0.29) is 11.9 Å². The second-order valence-corrected chi connectivity index (χ2v) is 2.90. The van der Waals surface area contributed by atoms with Crippen molar-refractivity contribution in [2.45, 2.75) is 19.3 Å².